The molecule has 9 heteroatoms. The number of nitrogens with one attached hydrogen (secondary N) is 2. The normalized spacial score (nSPS) is 10.1. The minimum absolute atomic E-state index is 0.144. The summed E-state index contributed by atoms with van der Waals surface area (Å²) in [5.74, 6) is -1.91. The van der Waals surface area contributed by atoms with E-state index in [1.165, 1.54) is 17.1 Å². The third-order valence-electron chi connectivity index (χ3n) is 2.40. The number of urea groups is 1. The van der Waals surface area contributed by atoms with E-state index in [1.807, 2.05) is 0 Å². The van der Waals surface area contributed by atoms with Crippen molar-refractivity contribution >= 4 is 23.6 Å². The summed E-state index contributed by atoms with van der Waals surface area (Å²) in [4.78, 5) is 26.0. The van der Waals surface area contributed by atoms with Crippen LogP contribution in [0.1, 0.15) is 10.4 Å². The van der Waals surface area contributed by atoms with Gasteiger partial charge in [0, 0.05) is 7.05 Å². The molecular formula is C11H10FN5O3. The Hall–Kier alpha value is -2.97. The number of hydrogen-bond acceptors (Lipinski definition) is 4. The lowest BCUT2D eigenvalue weighted by Gasteiger charge is -2.08. The van der Waals surface area contributed by atoms with Gasteiger partial charge in [-0.15, -0.1) is 0 Å². The number of carboxylic acid groups (broad SMARTS) is 1. The van der Waals surface area contributed by atoms with E-state index in [-0.39, 0.29) is 17.2 Å². The molecule has 1 aromatic heterocycles. The Balaban J connectivity index is 2.08. The molecule has 2 amide bonds. The largest absolute Gasteiger partial charge is 0.478 e. The fraction of sp³-hybridized carbons (Fsp3) is 0.0909. The second-order valence-electron chi connectivity index (χ2n) is 3.79. The number of aromatic nitrogens is 3. The first-order valence-electron chi connectivity index (χ1n) is 5.42. The van der Waals surface area contributed by atoms with Crippen molar-refractivity contribution in [1.82, 2.24) is 14.8 Å². The van der Waals surface area contributed by atoms with Crippen molar-refractivity contribution in [1.29, 1.82) is 0 Å². The Morgan fingerprint density at radius 2 is 2.10 bits per heavy atom. The maximum absolute atomic E-state index is 13.6. The van der Waals surface area contributed by atoms with E-state index in [2.05, 4.69) is 20.7 Å². The monoisotopic (exact) mass is 279 g/mol. The van der Waals surface area contributed by atoms with Gasteiger partial charge in [-0.3, -0.25) is 5.32 Å². The standard InChI is InChI=1S/C11H10FN5O3/c1-17-10(13-5-14-17)16-11(20)15-8-3-2-6(9(18)19)4-7(8)12/h2-5H,1H3,(H,18,19)(H2,13,14,15,16,20). The summed E-state index contributed by atoms with van der Waals surface area (Å²) in [5.41, 5.74) is -0.351. The van der Waals surface area contributed by atoms with Crippen LogP contribution in [-0.2, 0) is 7.05 Å². The molecule has 3 N–H and O–H groups in total. The van der Waals surface area contributed by atoms with Crippen LogP contribution in [0, 0.1) is 5.82 Å². The van der Waals surface area contributed by atoms with Gasteiger partial charge in [-0.2, -0.15) is 10.1 Å². The molecule has 2 aromatic rings. The van der Waals surface area contributed by atoms with Gasteiger partial charge in [0.1, 0.15) is 12.1 Å². The first-order valence-corrected chi connectivity index (χ1v) is 5.42. The highest BCUT2D eigenvalue weighted by atomic mass is 19.1. The summed E-state index contributed by atoms with van der Waals surface area (Å²) in [6.45, 7) is 0. The maximum atomic E-state index is 13.6. The van der Waals surface area contributed by atoms with Crippen LogP contribution < -0.4 is 10.6 Å². The molecule has 0 atom stereocenters. The molecule has 0 radical (unpaired) electrons. The van der Waals surface area contributed by atoms with Gasteiger partial charge in [-0.1, -0.05) is 0 Å². The third kappa shape index (κ3) is 2.88. The van der Waals surface area contributed by atoms with Gasteiger partial charge in [-0.05, 0) is 18.2 Å². The highest BCUT2D eigenvalue weighted by molar-refractivity contribution is 5.99. The molecule has 0 bridgehead atoms. The number of hydrogen-bond donors (Lipinski definition) is 3. The van der Waals surface area contributed by atoms with Crippen LogP contribution in [-0.4, -0.2) is 31.9 Å². The van der Waals surface area contributed by atoms with Crippen molar-refractivity contribution in [2.75, 3.05) is 10.6 Å². The highest BCUT2D eigenvalue weighted by Crippen LogP contribution is 2.16. The molecule has 0 aliphatic rings. The molecule has 8 nitrogen and oxygen atoms in total. The molecule has 20 heavy (non-hydrogen) atoms. The lowest BCUT2D eigenvalue weighted by molar-refractivity contribution is 0.0696. The summed E-state index contributed by atoms with van der Waals surface area (Å²) in [7, 11) is 1.57. The number of carbonyl (C=O) groups is 2. The second-order valence-corrected chi connectivity index (χ2v) is 3.79. The summed E-state index contributed by atoms with van der Waals surface area (Å²) in [6, 6.07) is 2.45. The van der Waals surface area contributed by atoms with Gasteiger partial charge in [0.15, 0.2) is 0 Å². The van der Waals surface area contributed by atoms with E-state index in [0.717, 1.165) is 12.1 Å². The number of benzene rings is 1. The van der Waals surface area contributed by atoms with Crippen molar-refractivity contribution in [3.05, 3.63) is 35.9 Å². The van der Waals surface area contributed by atoms with Gasteiger partial charge in [0.05, 0.1) is 11.3 Å². The van der Waals surface area contributed by atoms with Crippen molar-refractivity contribution in [2.45, 2.75) is 0 Å². The number of carbonyl (C=O) groups excluding carboxylic acids is 1. The Bertz CT molecular complexity index is 670. The van der Waals surface area contributed by atoms with E-state index in [0.29, 0.717) is 0 Å². The second kappa shape index (κ2) is 5.34. The summed E-state index contributed by atoms with van der Waals surface area (Å²) in [5, 5.41) is 17.1. The zero-order valence-electron chi connectivity index (χ0n) is 10.3. The first kappa shape index (κ1) is 13.5. The molecule has 0 spiro atoms. The van der Waals surface area contributed by atoms with Gasteiger partial charge < -0.3 is 10.4 Å². The average molecular weight is 279 g/mol. The summed E-state index contributed by atoms with van der Waals surface area (Å²) >= 11 is 0. The van der Waals surface area contributed by atoms with Gasteiger partial charge in [-0.25, -0.2) is 18.7 Å². The fourth-order valence-corrected chi connectivity index (χ4v) is 1.41. The van der Waals surface area contributed by atoms with E-state index in [4.69, 9.17) is 5.11 Å². The van der Waals surface area contributed by atoms with Crippen LogP contribution >= 0.6 is 0 Å². The molecular weight excluding hydrogens is 269 g/mol. The summed E-state index contributed by atoms with van der Waals surface area (Å²) in [6.07, 6.45) is 1.25. The molecule has 0 fully saturated rings. The van der Waals surface area contributed by atoms with Crippen LogP contribution in [0.5, 0.6) is 0 Å². The number of halogens is 1. The molecule has 1 aromatic carbocycles. The van der Waals surface area contributed by atoms with Crippen LogP contribution in [0.3, 0.4) is 0 Å². The van der Waals surface area contributed by atoms with Gasteiger partial charge in [0.2, 0.25) is 5.95 Å². The van der Waals surface area contributed by atoms with Crippen LogP contribution in [0.4, 0.5) is 20.8 Å². The van der Waals surface area contributed by atoms with Gasteiger partial charge >= 0.3 is 12.0 Å². The van der Waals surface area contributed by atoms with Crippen LogP contribution in [0.15, 0.2) is 24.5 Å². The molecule has 0 saturated heterocycles. The van der Waals surface area contributed by atoms with Crippen molar-refractivity contribution in [3.8, 4) is 0 Å². The molecule has 0 saturated carbocycles. The Kier molecular flexibility index (Phi) is 3.60. The zero-order chi connectivity index (χ0) is 14.7. The molecule has 0 aliphatic carbocycles. The molecule has 0 aliphatic heterocycles. The quantitative estimate of drug-likeness (QED) is 0.784. The number of carboxylic acids is 1. The van der Waals surface area contributed by atoms with Crippen LogP contribution in [0.25, 0.3) is 0 Å². The number of amides is 2. The van der Waals surface area contributed by atoms with E-state index in [9.17, 15) is 14.0 Å². The number of aromatic carboxylic acids is 1. The van der Waals surface area contributed by atoms with Crippen molar-refractivity contribution in [2.24, 2.45) is 7.05 Å². The number of aryl methyl sites for hydroxylation is 1. The molecule has 2 rings (SSSR count). The predicted molar refractivity (Wildman–Crippen MR) is 67.0 cm³/mol. The topological polar surface area (TPSA) is 109 Å². The number of rotatable bonds is 3. The average Bonchev–Trinajstić information content (AvgIpc) is 2.77. The Morgan fingerprint density at radius 3 is 2.65 bits per heavy atom. The van der Waals surface area contributed by atoms with E-state index in [1.54, 1.807) is 7.05 Å². The lowest BCUT2D eigenvalue weighted by atomic mass is 10.2. The third-order valence-corrected chi connectivity index (χ3v) is 2.40. The molecule has 1 heterocycles. The van der Waals surface area contributed by atoms with Crippen molar-refractivity contribution in [3.63, 3.8) is 0 Å². The predicted octanol–water partition coefficient (Wildman–Crippen LogP) is 1.30. The number of nitrogens with zero attached hydrogens (tertiary/aromatic N) is 3. The minimum atomic E-state index is -1.25. The zero-order valence-corrected chi connectivity index (χ0v) is 10.3. The number of anilines is 2. The first-order chi connectivity index (χ1) is 9.47. The lowest BCUT2D eigenvalue weighted by Crippen LogP contribution is -2.22. The van der Waals surface area contributed by atoms with Crippen molar-refractivity contribution < 1.29 is 19.1 Å². The molecule has 104 valence electrons. The highest BCUT2D eigenvalue weighted by Gasteiger charge is 2.12. The van der Waals surface area contributed by atoms with E-state index >= 15 is 0 Å². The van der Waals surface area contributed by atoms with E-state index < -0.39 is 17.8 Å². The van der Waals surface area contributed by atoms with Crippen LogP contribution in [0.2, 0.25) is 0 Å². The fourth-order valence-electron chi connectivity index (χ4n) is 1.41. The molecule has 0 unspecified atom stereocenters. The maximum Gasteiger partial charge on any atom is 0.335 e. The Morgan fingerprint density at radius 1 is 1.35 bits per heavy atom. The smallest absolute Gasteiger partial charge is 0.335 e. The minimum Gasteiger partial charge on any atom is -0.478 e. The SMILES string of the molecule is Cn1ncnc1NC(=O)Nc1ccc(C(=O)O)cc1F. The van der Waals surface area contributed by atoms with Gasteiger partial charge in [0.25, 0.3) is 0 Å². The summed E-state index contributed by atoms with van der Waals surface area (Å²) < 4.78 is 14.9. The Labute approximate surface area is 112 Å².